The Labute approximate surface area is 390 Å². The number of aromatic nitrogens is 4. The van der Waals surface area contributed by atoms with E-state index in [-0.39, 0.29) is 20.1 Å². The Morgan fingerprint density at radius 2 is 1.23 bits per heavy atom. The average Bonchev–Trinajstić information content (AvgIpc) is 3.93. The third-order valence-corrected chi connectivity index (χ3v) is 11.6. The SMILES string of the molecule is CC(C)c1cc(-c2ccccc2)cc(C(C)C)c1-c1cc(-c2[c-]cccc2)nc(-c2[c-]cccc2)c1.Cc1cnc(-c2[c-]c(-n3[c-][n+](C)cc3)c3oc4ccccc4c3c2)cc1C.[Ir]. The predicted octanol–water partition coefficient (Wildman–Crippen LogP) is 14.1. The molecule has 0 fully saturated rings. The molecule has 64 heavy (non-hydrogen) atoms. The Kier molecular flexibility index (Phi) is 13.0. The fraction of sp³-hybridized carbons (Fsp3) is 0.155. The first-order valence-corrected chi connectivity index (χ1v) is 21.6. The van der Waals surface area contributed by atoms with Gasteiger partial charge in [0.15, 0.2) is 0 Å². The summed E-state index contributed by atoms with van der Waals surface area (Å²) in [6.45, 7) is 13.3. The van der Waals surface area contributed by atoms with E-state index in [2.05, 4.69) is 156 Å². The first kappa shape index (κ1) is 43.9. The van der Waals surface area contributed by atoms with Crippen molar-refractivity contribution in [2.24, 2.45) is 7.05 Å². The minimum Gasteiger partial charge on any atom is -0.506 e. The van der Waals surface area contributed by atoms with Gasteiger partial charge in [-0.1, -0.05) is 118 Å². The average molecular weight is 1010 g/mol. The van der Waals surface area contributed by atoms with Gasteiger partial charge in [0.2, 0.25) is 6.33 Å². The summed E-state index contributed by atoms with van der Waals surface area (Å²) in [4.78, 5) is 9.69. The summed E-state index contributed by atoms with van der Waals surface area (Å²) < 4.78 is 9.97. The molecule has 0 N–H and O–H groups in total. The Bertz CT molecular complexity index is 3120. The topological polar surface area (TPSA) is 47.7 Å². The summed E-state index contributed by atoms with van der Waals surface area (Å²) in [7, 11) is 1.95. The van der Waals surface area contributed by atoms with Gasteiger partial charge in [-0.25, -0.2) is 0 Å². The van der Waals surface area contributed by atoms with Gasteiger partial charge in [0.25, 0.3) is 0 Å². The third-order valence-electron chi connectivity index (χ3n) is 11.6. The molecule has 10 aromatic rings. The van der Waals surface area contributed by atoms with E-state index in [0.29, 0.717) is 11.8 Å². The van der Waals surface area contributed by atoms with Crippen LogP contribution in [0.3, 0.4) is 0 Å². The van der Waals surface area contributed by atoms with E-state index in [9.17, 15) is 0 Å². The quantitative estimate of drug-likeness (QED) is 0.113. The molecule has 0 atom stereocenters. The van der Waals surface area contributed by atoms with Crippen molar-refractivity contribution >= 4 is 21.9 Å². The zero-order valence-electron chi connectivity index (χ0n) is 37.2. The van der Waals surface area contributed by atoms with E-state index in [1.54, 1.807) is 0 Å². The van der Waals surface area contributed by atoms with Gasteiger partial charge < -0.3 is 23.5 Å². The summed E-state index contributed by atoms with van der Waals surface area (Å²) >= 11 is 0. The van der Waals surface area contributed by atoms with Crippen LogP contribution in [-0.2, 0) is 27.2 Å². The number of para-hydroxylation sites is 1. The molecule has 6 heteroatoms. The first-order valence-electron chi connectivity index (χ1n) is 21.6. The van der Waals surface area contributed by atoms with Crippen molar-refractivity contribution in [3.63, 3.8) is 0 Å². The number of pyridine rings is 2. The number of nitrogens with zero attached hydrogens (tertiary/aromatic N) is 4. The maximum atomic E-state index is 6.18. The molecule has 0 aliphatic carbocycles. The number of furan rings is 1. The van der Waals surface area contributed by atoms with Crippen molar-refractivity contribution in [2.45, 2.75) is 53.4 Å². The standard InChI is InChI=1S/C35H31N.C23H18N3O.Ir/c1-24(2)31-20-29(26-14-8-5-9-15-26)21-32(25(3)4)35(31)30-22-33(27-16-10-6-11-17-27)36-34(23-30)28-18-12-7-13-19-28;1-15-10-20(24-13-16(15)2)17-11-19-18-6-4-5-7-22(18)27-23(19)21(12-17)26-9-8-25(3)14-26;/h5-16,18,20-25H,1-4H3;4-11,13H,1-3H3;/q-2;-1;. The molecular weight excluding hydrogens is 961 g/mol. The van der Waals surface area contributed by atoms with Gasteiger partial charge in [-0.05, 0) is 87.8 Å². The van der Waals surface area contributed by atoms with Crippen molar-refractivity contribution in [3.05, 3.63) is 205 Å². The van der Waals surface area contributed by atoms with Crippen LogP contribution in [0.4, 0.5) is 0 Å². The molecule has 0 aliphatic rings. The second kappa shape index (κ2) is 18.9. The molecule has 10 rings (SSSR count). The van der Waals surface area contributed by atoms with Crippen molar-refractivity contribution in [2.75, 3.05) is 0 Å². The van der Waals surface area contributed by atoms with Crippen LogP contribution < -0.4 is 4.57 Å². The molecule has 4 aromatic heterocycles. The molecule has 0 aliphatic heterocycles. The fourth-order valence-corrected chi connectivity index (χ4v) is 8.14. The van der Waals surface area contributed by atoms with Gasteiger partial charge in [0.05, 0.1) is 12.6 Å². The van der Waals surface area contributed by atoms with Crippen LogP contribution in [-0.4, -0.2) is 14.5 Å². The number of aryl methyl sites for hydroxylation is 3. The van der Waals surface area contributed by atoms with Gasteiger partial charge in [-0.2, -0.15) is 0 Å². The summed E-state index contributed by atoms with van der Waals surface area (Å²) in [5.74, 6) is 0.737. The Balaban J connectivity index is 0.000000179. The monoisotopic (exact) mass is 1010 g/mol. The number of fused-ring (bicyclic) bond motifs is 3. The first-order chi connectivity index (χ1) is 30.6. The zero-order valence-corrected chi connectivity index (χ0v) is 39.6. The van der Waals surface area contributed by atoms with Gasteiger partial charge in [0, 0.05) is 49.8 Å². The second-order valence-electron chi connectivity index (χ2n) is 16.8. The summed E-state index contributed by atoms with van der Waals surface area (Å²) in [6.07, 6.45) is 9.07. The maximum Gasteiger partial charge on any atom is 0.241 e. The van der Waals surface area contributed by atoms with Crippen molar-refractivity contribution in [3.8, 4) is 61.7 Å². The van der Waals surface area contributed by atoms with E-state index < -0.39 is 0 Å². The van der Waals surface area contributed by atoms with E-state index >= 15 is 0 Å². The van der Waals surface area contributed by atoms with E-state index in [1.165, 1.54) is 44.5 Å². The molecule has 0 saturated carbocycles. The minimum atomic E-state index is 0. The van der Waals surface area contributed by atoms with Crippen LogP contribution in [0.1, 0.15) is 61.8 Å². The smallest absolute Gasteiger partial charge is 0.241 e. The second-order valence-corrected chi connectivity index (χ2v) is 16.8. The fourth-order valence-electron chi connectivity index (χ4n) is 8.14. The molecule has 0 amide bonds. The van der Waals surface area contributed by atoms with Crippen molar-refractivity contribution < 1.29 is 29.1 Å². The number of hydrogen-bond donors (Lipinski definition) is 0. The minimum absolute atomic E-state index is 0. The molecule has 5 nitrogen and oxygen atoms in total. The van der Waals surface area contributed by atoms with E-state index in [1.807, 2.05) is 89.4 Å². The molecule has 1 radical (unpaired) electrons. The van der Waals surface area contributed by atoms with Crippen LogP contribution in [0.2, 0.25) is 0 Å². The van der Waals surface area contributed by atoms with Crippen LogP contribution in [0, 0.1) is 38.4 Å². The van der Waals surface area contributed by atoms with Gasteiger partial charge >= 0.3 is 0 Å². The molecule has 4 heterocycles. The van der Waals surface area contributed by atoms with E-state index in [0.717, 1.165) is 61.4 Å². The molecule has 0 bridgehead atoms. The van der Waals surface area contributed by atoms with Crippen LogP contribution >= 0.6 is 0 Å². The summed E-state index contributed by atoms with van der Waals surface area (Å²) in [6, 6.07) is 58.6. The van der Waals surface area contributed by atoms with Crippen molar-refractivity contribution in [1.29, 1.82) is 0 Å². The Hall–Kier alpha value is -6.72. The Morgan fingerprint density at radius 1 is 0.609 bits per heavy atom. The third kappa shape index (κ3) is 9.03. The number of benzene rings is 6. The van der Waals surface area contributed by atoms with Crippen LogP contribution in [0.25, 0.3) is 83.7 Å². The summed E-state index contributed by atoms with van der Waals surface area (Å²) in [5.41, 5.74) is 18.3. The normalized spacial score (nSPS) is 11.2. The molecule has 0 saturated heterocycles. The van der Waals surface area contributed by atoms with Gasteiger partial charge in [-0.3, -0.25) is 0 Å². The molecule has 319 valence electrons. The van der Waals surface area contributed by atoms with Gasteiger partial charge in [-0.15, -0.1) is 89.5 Å². The maximum absolute atomic E-state index is 6.18. The number of hydrogen-bond acceptors (Lipinski definition) is 3. The van der Waals surface area contributed by atoms with Crippen LogP contribution in [0.15, 0.2) is 163 Å². The van der Waals surface area contributed by atoms with E-state index in [4.69, 9.17) is 9.40 Å². The predicted molar refractivity (Wildman–Crippen MR) is 256 cm³/mol. The molecule has 0 unspecified atom stereocenters. The van der Waals surface area contributed by atoms with Crippen LogP contribution in [0.5, 0.6) is 0 Å². The number of rotatable bonds is 8. The molecular formula is C58H49IrN4O-3. The van der Waals surface area contributed by atoms with Crippen molar-refractivity contribution in [1.82, 2.24) is 14.5 Å². The summed E-state index contributed by atoms with van der Waals surface area (Å²) in [5, 5.41) is 2.14. The zero-order chi connectivity index (χ0) is 43.6. The largest absolute Gasteiger partial charge is 0.506 e. The molecule has 6 aromatic carbocycles. The molecule has 0 spiro atoms. The van der Waals surface area contributed by atoms with Gasteiger partial charge in [0.1, 0.15) is 5.58 Å². The number of imidazole rings is 1. The Morgan fingerprint density at radius 3 is 1.81 bits per heavy atom.